The molecule has 0 fully saturated rings. The average Bonchev–Trinajstić information content (AvgIpc) is 2.99. The number of anilines is 2. The number of nitrogens with zero attached hydrogens (tertiary/aromatic N) is 7. The van der Waals surface area contributed by atoms with E-state index >= 15 is 0 Å². The van der Waals surface area contributed by atoms with E-state index in [2.05, 4.69) is 35.2 Å². The lowest BCUT2D eigenvalue weighted by Crippen LogP contribution is -2.11. The van der Waals surface area contributed by atoms with Crippen LogP contribution in [0.3, 0.4) is 0 Å². The highest BCUT2D eigenvalue weighted by atomic mass is 15.3. The summed E-state index contributed by atoms with van der Waals surface area (Å²) in [6.07, 6.45) is 6.66. The average molecular weight is 283 g/mol. The molecule has 3 N–H and O–H groups in total. The molecule has 0 spiro atoms. The van der Waals surface area contributed by atoms with Crippen molar-refractivity contribution in [3.05, 3.63) is 42.5 Å². The molecule has 0 aliphatic carbocycles. The molecule has 0 saturated carbocycles. The first-order valence-electron chi connectivity index (χ1n) is 6.23. The van der Waals surface area contributed by atoms with Gasteiger partial charge in [-0.15, -0.1) is 0 Å². The van der Waals surface area contributed by atoms with Gasteiger partial charge in [0.1, 0.15) is 12.2 Å². The third-order valence-electron chi connectivity index (χ3n) is 2.64. The normalized spacial score (nSPS) is 10.5. The van der Waals surface area contributed by atoms with Crippen molar-refractivity contribution in [2.45, 2.75) is 13.5 Å². The number of aromatic nitrogens is 7. The molecule has 0 unspecified atom stereocenters. The summed E-state index contributed by atoms with van der Waals surface area (Å²) in [6, 6.07) is 1.82. The lowest BCUT2D eigenvalue weighted by molar-refractivity contribution is 0.885. The summed E-state index contributed by atoms with van der Waals surface area (Å²) in [5.41, 5.74) is 6.54. The largest absolute Gasteiger partial charge is 0.368 e. The van der Waals surface area contributed by atoms with Crippen LogP contribution in [0.4, 0.5) is 11.9 Å². The molecular weight excluding hydrogens is 270 g/mol. The monoisotopic (exact) mass is 283 g/mol. The first-order chi connectivity index (χ1) is 10.2. The van der Waals surface area contributed by atoms with Gasteiger partial charge in [0.15, 0.2) is 0 Å². The molecule has 3 aromatic heterocycles. The fourth-order valence-electron chi connectivity index (χ4n) is 1.73. The lowest BCUT2D eigenvalue weighted by Gasteiger charge is -2.07. The van der Waals surface area contributed by atoms with Gasteiger partial charge in [0.2, 0.25) is 17.8 Å². The van der Waals surface area contributed by atoms with Crippen molar-refractivity contribution in [2.75, 3.05) is 11.1 Å². The molecular formula is C12H13N9. The van der Waals surface area contributed by atoms with E-state index in [4.69, 9.17) is 5.73 Å². The highest BCUT2D eigenvalue weighted by Crippen LogP contribution is 2.08. The molecule has 9 heteroatoms. The van der Waals surface area contributed by atoms with Crippen LogP contribution in [0.2, 0.25) is 0 Å². The van der Waals surface area contributed by atoms with Crippen molar-refractivity contribution in [3.63, 3.8) is 0 Å². The Labute approximate surface area is 120 Å². The quantitative estimate of drug-likeness (QED) is 0.703. The summed E-state index contributed by atoms with van der Waals surface area (Å²) >= 11 is 0. The minimum Gasteiger partial charge on any atom is -0.368 e. The number of aryl methyl sites for hydroxylation is 1. The Kier molecular flexibility index (Phi) is 3.37. The van der Waals surface area contributed by atoms with Gasteiger partial charge in [0.05, 0.1) is 12.2 Å². The van der Waals surface area contributed by atoms with Crippen LogP contribution in [0.5, 0.6) is 0 Å². The predicted octanol–water partition coefficient (Wildman–Crippen LogP) is 0.350. The van der Waals surface area contributed by atoms with Crippen molar-refractivity contribution in [2.24, 2.45) is 0 Å². The standard InChI is InChI=1S/C12H13N9/c1-8-15-3-2-9(17-8)6-16-11-18-10(13)19-12(20-11)21-5-4-14-7-21/h2-5,7H,6H2,1H3,(H3,13,16,18,19,20). The Morgan fingerprint density at radius 3 is 2.86 bits per heavy atom. The van der Waals surface area contributed by atoms with E-state index in [0.717, 1.165) is 5.69 Å². The van der Waals surface area contributed by atoms with Crippen LogP contribution >= 0.6 is 0 Å². The molecule has 0 atom stereocenters. The Hall–Kier alpha value is -3.10. The Morgan fingerprint density at radius 1 is 1.19 bits per heavy atom. The van der Waals surface area contributed by atoms with Crippen LogP contribution in [0.1, 0.15) is 11.5 Å². The van der Waals surface area contributed by atoms with Gasteiger partial charge in [0.25, 0.3) is 0 Å². The van der Waals surface area contributed by atoms with Crippen LogP contribution in [0.25, 0.3) is 5.95 Å². The molecule has 9 nitrogen and oxygen atoms in total. The number of hydrogen-bond acceptors (Lipinski definition) is 8. The first kappa shape index (κ1) is 12.9. The third-order valence-corrected chi connectivity index (χ3v) is 2.64. The van der Waals surface area contributed by atoms with Gasteiger partial charge < -0.3 is 11.1 Å². The highest BCUT2D eigenvalue weighted by molar-refractivity contribution is 5.35. The second-order valence-electron chi connectivity index (χ2n) is 4.24. The van der Waals surface area contributed by atoms with E-state index in [1.54, 1.807) is 29.5 Å². The minimum absolute atomic E-state index is 0.134. The summed E-state index contributed by atoms with van der Waals surface area (Å²) in [4.78, 5) is 24.7. The lowest BCUT2D eigenvalue weighted by atomic mass is 10.4. The number of hydrogen-bond donors (Lipinski definition) is 2. The third kappa shape index (κ3) is 3.08. The summed E-state index contributed by atoms with van der Waals surface area (Å²) in [5, 5.41) is 3.07. The van der Waals surface area contributed by atoms with Crippen LogP contribution in [0, 0.1) is 6.92 Å². The minimum atomic E-state index is 0.134. The molecule has 0 bridgehead atoms. The van der Waals surface area contributed by atoms with Crippen molar-refractivity contribution in [1.29, 1.82) is 0 Å². The Bertz CT molecular complexity index is 738. The zero-order valence-corrected chi connectivity index (χ0v) is 11.3. The van der Waals surface area contributed by atoms with E-state index in [1.807, 2.05) is 13.0 Å². The smallest absolute Gasteiger partial charge is 0.241 e. The van der Waals surface area contributed by atoms with E-state index < -0.39 is 0 Å². The molecule has 0 radical (unpaired) electrons. The van der Waals surface area contributed by atoms with Gasteiger partial charge in [-0.1, -0.05) is 0 Å². The van der Waals surface area contributed by atoms with Gasteiger partial charge in [-0.05, 0) is 13.0 Å². The van der Waals surface area contributed by atoms with Crippen molar-refractivity contribution in [1.82, 2.24) is 34.5 Å². The maximum absolute atomic E-state index is 5.70. The summed E-state index contributed by atoms with van der Waals surface area (Å²) in [7, 11) is 0. The summed E-state index contributed by atoms with van der Waals surface area (Å²) in [5.74, 6) is 1.63. The number of nitrogens with one attached hydrogen (secondary N) is 1. The van der Waals surface area contributed by atoms with Crippen LogP contribution in [-0.4, -0.2) is 34.5 Å². The van der Waals surface area contributed by atoms with E-state index in [0.29, 0.717) is 24.3 Å². The number of nitrogens with two attached hydrogens (primary N) is 1. The fourth-order valence-corrected chi connectivity index (χ4v) is 1.73. The van der Waals surface area contributed by atoms with Crippen molar-refractivity contribution < 1.29 is 0 Å². The predicted molar refractivity (Wildman–Crippen MR) is 75.5 cm³/mol. The topological polar surface area (TPSA) is 120 Å². The Balaban J connectivity index is 1.79. The molecule has 0 aliphatic rings. The van der Waals surface area contributed by atoms with Crippen LogP contribution in [-0.2, 0) is 6.54 Å². The molecule has 3 heterocycles. The number of rotatable bonds is 4. The number of imidazole rings is 1. The van der Waals surface area contributed by atoms with E-state index in [1.165, 1.54) is 0 Å². The molecule has 3 rings (SSSR count). The van der Waals surface area contributed by atoms with Gasteiger partial charge in [0, 0.05) is 18.6 Å². The van der Waals surface area contributed by atoms with Crippen LogP contribution in [0.15, 0.2) is 31.0 Å². The molecule has 0 aromatic carbocycles. The second-order valence-corrected chi connectivity index (χ2v) is 4.24. The molecule has 3 aromatic rings. The molecule has 0 aliphatic heterocycles. The highest BCUT2D eigenvalue weighted by Gasteiger charge is 2.06. The van der Waals surface area contributed by atoms with Crippen LogP contribution < -0.4 is 11.1 Å². The van der Waals surface area contributed by atoms with E-state index in [9.17, 15) is 0 Å². The maximum Gasteiger partial charge on any atom is 0.241 e. The fraction of sp³-hybridized carbons (Fsp3) is 0.167. The van der Waals surface area contributed by atoms with Gasteiger partial charge in [-0.3, -0.25) is 4.57 Å². The zero-order chi connectivity index (χ0) is 14.7. The summed E-state index contributed by atoms with van der Waals surface area (Å²) in [6.45, 7) is 2.30. The number of nitrogen functional groups attached to an aromatic ring is 1. The first-order valence-corrected chi connectivity index (χ1v) is 6.23. The van der Waals surface area contributed by atoms with Crippen molar-refractivity contribution >= 4 is 11.9 Å². The SMILES string of the molecule is Cc1nccc(CNc2nc(N)nc(-n3ccnc3)n2)n1. The van der Waals surface area contributed by atoms with Gasteiger partial charge in [-0.2, -0.15) is 15.0 Å². The second kappa shape index (κ2) is 5.49. The molecule has 0 saturated heterocycles. The Morgan fingerprint density at radius 2 is 2.10 bits per heavy atom. The molecule has 106 valence electrons. The van der Waals surface area contributed by atoms with E-state index in [-0.39, 0.29) is 5.95 Å². The zero-order valence-electron chi connectivity index (χ0n) is 11.3. The molecule has 0 amide bonds. The van der Waals surface area contributed by atoms with Gasteiger partial charge in [-0.25, -0.2) is 15.0 Å². The summed E-state index contributed by atoms with van der Waals surface area (Å²) < 4.78 is 1.65. The maximum atomic E-state index is 5.70. The van der Waals surface area contributed by atoms with Crippen molar-refractivity contribution in [3.8, 4) is 5.95 Å². The molecule has 21 heavy (non-hydrogen) atoms. The van der Waals surface area contributed by atoms with Gasteiger partial charge >= 0.3 is 0 Å².